The van der Waals surface area contributed by atoms with Gasteiger partial charge >= 0.3 is 5.97 Å². The third-order valence-corrected chi connectivity index (χ3v) is 5.56. The van der Waals surface area contributed by atoms with Crippen LogP contribution in [0.15, 0.2) is 84.0 Å². The molecule has 4 rings (SSSR count). The lowest BCUT2D eigenvalue weighted by Crippen LogP contribution is -2.18. The molecule has 4 aromatic rings. The van der Waals surface area contributed by atoms with Gasteiger partial charge in [0, 0.05) is 5.56 Å². The summed E-state index contributed by atoms with van der Waals surface area (Å²) < 4.78 is 16.2. The van der Waals surface area contributed by atoms with Crippen molar-refractivity contribution in [1.29, 1.82) is 0 Å². The van der Waals surface area contributed by atoms with Crippen LogP contribution in [0.2, 0.25) is 5.02 Å². The van der Waals surface area contributed by atoms with E-state index in [-0.39, 0.29) is 11.3 Å². The molecule has 8 heteroatoms. The predicted octanol–water partition coefficient (Wildman–Crippen LogP) is 5.49. The molecule has 0 saturated carbocycles. The smallest absolute Gasteiger partial charge is 0.343 e. The molecule has 0 heterocycles. The Morgan fingerprint density at radius 3 is 2.34 bits per heavy atom. The number of nitrogens with one attached hydrogen (secondary N) is 1. The van der Waals surface area contributed by atoms with Crippen molar-refractivity contribution in [3.63, 3.8) is 0 Å². The van der Waals surface area contributed by atoms with Crippen LogP contribution in [0, 0.1) is 0 Å². The van der Waals surface area contributed by atoms with Crippen LogP contribution in [-0.4, -0.2) is 32.3 Å². The lowest BCUT2D eigenvalue weighted by Gasteiger charge is -2.12. The van der Waals surface area contributed by atoms with Crippen LogP contribution >= 0.6 is 11.6 Å². The Labute approximate surface area is 206 Å². The van der Waals surface area contributed by atoms with Gasteiger partial charge in [-0.15, -0.1) is 0 Å². The van der Waals surface area contributed by atoms with Crippen LogP contribution in [-0.2, 0) is 0 Å². The summed E-state index contributed by atoms with van der Waals surface area (Å²) in [7, 11) is 3.00. The number of rotatable bonds is 7. The summed E-state index contributed by atoms with van der Waals surface area (Å²) in [5, 5.41) is 6.11. The molecule has 0 bridgehead atoms. The van der Waals surface area contributed by atoms with Gasteiger partial charge in [-0.1, -0.05) is 54.1 Å². The van der Waals surface area contributed by atoms with E-state index in [9.17, 15) is 9.59 Å². The van der Waals surface area contributed by atoms with Gasteiger partial charge in [0.05, 0.1) is 36.6 Å². The Morgan fingerprint density at radius 1 is 0.857 bits per heavy atom. The van der Waals surface area contributed by atoms with E-state index in [0.29, 0.717) is 27.6 Å². The molecular formula is C27H21ClN2O5. The van der Waals surface area contributed by atoms with Crippen molar-refractivity contribution in [1.82, 2.24) is 5.43 Å². The van der Waals surface area contributed by atoms with Gasteiger partial charge in [-0.05, 0) is 47.2 Å². The topological polar surface area (TPSA) is 86.2 Å². The van der Waals surface area contributed by atoms with Crippen molar-refractivity contribution in [2.24, 2.45) is 5.10 Å². The third kappa shape index (κ3) is 5.26. The number of methoxy groups -OCH3 is 2. The fraction of sp³-hybridized carbons (Fsp3) is 0.0741. The van der Waals surface area contributed by atoms with E-state index >= 15 is 0 Å². The summed E-state index contributed by atoms with van der Waals surface area (Å²) in [5.74, 6) is 0.132. The molecule has 7 nitrogen and oxygen atoms in total. The Hall–Kier alpha value is -4.36. The lowest BCUT2D eigenvalue weighted by molar-refractivity contribution is 0.0734. The largest absolute Gasteiger partial charge is 0.493 e. The number of hydrazone groups is 1. The number of amides is 1. The zero-order chi connectivity index (χ0) is 24.8. The standard InChI is InChI=1S/C27H21ClN2O5/c1-33-24-14-12-18(15-25(24)34-2)27(32)35-23-13-11-17-7-3-4-8-19(17)21(23)16-29-30-26(31)20-9-5-6-10-22(20)28/h3-16H,1-2H3,(H,30,31)/b29-16+. The van der Waals surface area contributed by atoms with E-state index in [2.05, 4.69) is 10.5 Å². The molecule has 0 spiro atoms. The minimum atomic E-state index is -0.587. The Kier molecular flexibility index (Phi) is 7.28. The summed E-state index contributed by atoms with van der Waals surface area (Å²) in [4.78, 5) is 25.4. The number of fused-ring (bicyclic) bond motifs is 1. The first-order chi connectivity index (χ1) is 17.0. The van der Waals surface area contributed by atoms with Gasteiger partial charge in [0.2, 0.25) is 0 Å². The van der Waals surface area contributed by atoms with E-state index in [1.807, 2.05) is 30.3 Å². The van der Waals surface area contributed by atoms with Gasteiger partial charge in [0.15, 0.2) is 11.5 Å². The molecule has 0 radical (unpaired) electrons. The molecule has 0 unspecified atom stereocenters. The average molecular weight is 489 g/mol. The molecule has 0 fully saturated rings. The number of hydrogen-bond acceptors (Lipinski definition) is 6. The number of esters is 1. The van der Waals surface area contributed by atoms with Gasteiger partial charge < -0.3 is 14.2 Å². The molecule has 1 amide bonds. The van der Waals surface area contributed by atoms with Crippen LogP contribution in [0.1, 0.15) is 26.3 Å². The van der Waals surface area contributed by atoms with E-state index in [0.717, 1.165) is 10.8 Å². The fourth-order valence-corrected chi connectivity index (χ4v) is 3.70. The first-order valence-corrected chi connectivity index (χ1v) is 10.9. The Bertz CT molecular complexity index is 1430. The second kappa shape index (κ2) is 10.7. The zero-order valence-corrected chi connectivity index (χ0v) is 19.7. The highest BCUT2D eigenvalue weighted by molar-refractivity contribution is 6.33. The highest BCUT2D eigenvalue weighted by Crippen LogP contribution is 2.30. The van der Waals surface area contributed by atoms with Crippen LogP contribution < -0.4 is 19.6 Å². The summed E-state index contributed by atoms with van der Waals surface area (Å²) >= 11 is 6.09. The van der Waals surface area contributed by atoms with E-state index < -0.39 is 11.9 Å². The van der Waals surface area contributed by atoms with Crippen LogP contribution in [0.3, 0.4) is 0 Å². The fourth-order valence-electron chi connectivity index (χ4n) is 3.48. The van der Waals surface area contributed by atoms with Gasteiger partial charge in [-0.25, -0.2) is 10.2 Å². The van der Waals surface area contributed by atoms with Crippen molar-refractivity contribution >= 4 is 40.5 Å². The average Bonchev–Trinajstić information content (AvgIpc) is 2.89. The van der Waals surface area contributed by atoms with E-state index in [1.54, 1.807) is 48.5 Å². The SMILES string of the molecule is COc1ccc(C(=O)Oc2ccc3ccccc3c2/C=N/NC(=O)c2ccccc2Cl)cc1OC. The number of ether oxygens (including phenoxy) is 3. The van der Waals surface area contributed by atoms with Gasteiger partial charge in [0.25, 0.3) is 5.91 Å². The van der Waals surface area contributed by atoms with Gasteiger partial charge in [-0.2, -0.15) is 5.10 Å². The van der Waals surface area contributed by atoms with Gasteiger partial charge in [-0.3, -0.25) is 4.79 Å². The zero-order valence-electron chi connectivity index (χ0n) is 18.9. The molecule has 0 saturated heterocycles. The Morgan fingerprint density at radius 2 is 1.57 bits per heavy atom. The summed E-state index contributed by atoms with van der Waals surface area (Å²) in [5.41, 5.74) is 3.57. The first-order valence-electron chi connectivity index (χ1n) is 10.6. The normalized spacial score (nSPS) is 10.8. The minimum absolute atomic E-state index is 0.277. The molecular weight excluding hydrogens is 468 g/mol. The second-order valence-corrected chi connectivity index (χ2v) is 7.74. The molecule has 176 valence electrons. The first kappa shape index (κ1) is 23.8. The van der Waals surface area contributed by atoms with Crippen LogP contribution in [0.5, 0.6) is 17.2 Å². The van der Waals surface area contributed by atoms with Crippen LogP contribution in [0.25, 0.3) is 10.8 Å². The maximum absolute atomic E-state index is 12.9. The van der Waals surface area contributed by atoms with Crippen molar-refractivity contribution in [3.8, 4) is 17.2 Å². The minimum Gasteiger partial charge on any atom is -0.493 e. The maximum Gasteiger partial charge on any atom is 0.343 e. The Balaban J connectivity index is 1.64. The number of hydrogen-bond donors (Lipinski definition) is 1. The lowest BCUT2D eigenvalue weighted by atomic mass is 10.0. The molecule has 0 aliphatic rings. The monoisotopic (exact) mass is 488 g/mol. The van der Waals surface area contributed by atoms with Crippen molar-refractivity contribution in [3.05, 3.63) is 101 Å². The van der Waals surface area contributed by atoms with Crippen molar-refractivity contribution in [2.75, 3.05) is 14.2 Å². The molecule has 4 aromatic carbocycles. The number of nitrogens with zero attached hydrogens (tertiary/aromatic N) is 1. The molecule has 1 N–H and O–H groups in total. The highest BCUT2D eigenvalue weighted by Gasteiger charge is 2.16. The second-order valence-electron chi connectivity index (χ2n) is 7.34. The number of carbonyl (C=O) groups excluding carboxylic acids is 2. The number of benzene rings is 4. The predicted molar refractivity (Wildman–Crippen MR) is 135 cm³/mol. The molecule has 0 aromatic heterocycles. The van der Waals surface area contributed by atoms with E-state index in [4.69, 9.17) is 25.8 Å². The highest BCUT2D eigenvalue weighted by atomic mass is 35.5. The quantitative estimate of drug-likeness (QED) is 0.161. The number of carbonyl (C=O) groups is 2. The summed E-state index contributed by atoms with van der Waals surface area (Å²) in [6.45, 7) is 0. The van der Waals surface area contributed by atoms with Crippen molar-refractivity contribution < 1.29 is 23.8 Å². The summed E-state index contributed by atoms with van der Waals surface area (Å²) in [6.07, 6.45) is 1.44. The molecule has 0 aliphatic carbocycles. The molecule has 0 aliphatic heterocycles. The van der Waals surface area contributed by atoms with Crippen molar-refractivity contribution in [2.45, 2.75) is 0 Å². The maximum atomic E-state index is 12.9. The molecule has 35 heavy (non-hydrogen) atoms. The number of halogens is 1. The third-order valence-electron chi connectivity index (χ3n) is 5.23. The molecule has 0 atom stereocenters. The summed E-state index contributed by atoms with van der Waals surface area (Å²) in [6, 6.07) is 22.5. The van der Waals surface area contributed by atoms with E-state index in [1.165, 1.54) is 20.4 Å². The van der Waals surface area contributed by atoms with Crippen LogP contribution in [0.4, 0.5) is 0 Å². The van der Waals surface area contributed by atoms with Gasteiger partial charge in [0.1, 0.15) is 5.75 Å².